The van der Waals surface area contributed by atoms with E-state index in [0.717, 1.165) is 22.8 Å². The van der Waals surface area contributed by atoms with Gasteiger partial charge in [0.15, 0.2) is 17.3 Å². The van der Waals surface area contributed by atoms with Crippen LogP contribution >= 0.6 is 0 Å². The molecule has 10 nitrogen and oxygen atoms in total. The number of carbonyl (C=O) groups is 2. The van der Waals surface area contributed by atoms with Crippen LogP contribution in [0.5, 0.6) is 0 Å². The highest BCUT2D eigenvalue weighted by atomic mass is 19.1. The average molecular weight is 435 g/mol. The molecule has 0 saturated carbocycles. The number of hydrogen-bond donors (Lipinski definition) is 1. The van der Waals surface area contributed by atoms with Crippen molar-refractivity contribution in [3.05, 3.63) is 57.0 Å². The second-order valence-corrected chi connectivity index (χ2v) is 6.78. The van der Waals surface area contributed by atoms with Crippen molar-refractivity contribution in [3.63, 3.8) is 0 Å². The number of rotatable bonds is 6. The molecule has 1 unspecified atom stereocenters. The number of aromatic nitrogens is 4. The molecule has 2 heterocycles. The van der Waals surface area contributed by atoms with Crippen LogP contribution in [0.1, 0.15) is 13.3 Å². The number of benzene rings is 1. The van der Waals surface area contributed by atoms with E-state index in [1.54, 1.807) is 0 Å². The van der Waals surface area contributed by atoms with Gasteiger partial charge in [0.1, 0.15) is 17.3 Å². The lowest BCUT2D eigenvalue weighted by Crippen LogP contribution is -2.37. The number of esters is 1. The van der Waals surface area contributed by atoms with Gasteiger partial charge in [-0.1, -0.05) is 6.07 Å². The highest BCUT2D eigenvalue weighted by Crippen LogP contribution is 2.18. The number of aryl methyl sites for hydroxylation is 2. The van der Waals surface area contributed by atoms with E-state index in [-0.39, 0.29) is 24.1 Å². The van der Waals surface area contributed by atoms with Crippen molar-refractivity contribution in [2.75, 3.05) is 5.32 Å². The van der Waals surface area contributed by atoms with Crippen molar-refractivity contribution < 1.29 is 23.1 Å². The normalized spacial score (nSPS) is 12.0. The van der Waals surface area contributed by atoms with E-state index < -0.39 is 46.6 Å². The second kappa shape index (κ2) is 8.50. The van der Waals surface area contributed by atoms with Crippen LogP contribution < -0.4 is 16.6 Å². The number of halogens is 2. The summed E-state index contributed by atoms with van der Waals surface area (Å²) in [5.41, 5.74) is -1.43. The number of imidazole rings is 1. The van der Waals surface area contributed by atoms with Gasteiger partial charge in [0, 0.05) is 20.6 Å². The first-order chi connectivity index (χ1) is 14.6. The molecule has 1 aromatic carbocycles. The summed E-state index contributed by atoms with van der Waals surface area (Å²) in [6.45, 7) is 1.25. The Morgan fingerprint density at radius 1 is 1.16 bits per heavy atom. The van der Waals surface area contributed by atoms with Crippen molar-refractivity contribution in [1.29, 1.82) is 0 Å². The molecule has 0 spiro atoms. The molecule has 0 radical (unpaired) electrons. The Labute approximate surface area is 173 Å². The summed E-state index contributed by atoms with van der Waals surface area (Å²) in [5, 5.41) is 2.04. The summed E-state index contributed by atoms with van der Waals surface area (Å²) in [6, 6.07) is 3.10. The fourth-order valence-electron chi connectivity index (χ4n) is 2.93. The standard InChI is InChI=1S/C19H19F2N5O5/c1-10(17(28)23-14-11(20)5-4-6-12(14)21)31-13(27)7-8-26-9-22-16-15(26)18(29)25(3)19(30)24(16)2/h4-6,9-10H,7-8H2,1-3H3,(H,23,28). The van der Waals surface area contributed by atoms with E-state index in [4.69, 9.17) is 4.74 Å². The number of nitrogens with zero attached hydrogens (tertiary/aromatic N) is 4. The van der Waals surface area contributed by atoms with E-state index in [9.17, 15) is 28.0 Å². The van der Waals surface area contributed by atoms with Gasteiger partial charge in [-0.3, -0.25) is 23.5 Å². The SMILES string of the molecule is CC(OC(=O)CCn1cnc2c1c(=O)n(C)c(=O)n2C)C(=O)Nc1c(F)cccc1F. The summed E-state index contributed by atoms with van der Waals surface area (Å²) in [7, 11) is 2.79. The molecule has 0 fully saturated rings. The molecule has 164 valence electrons. The van der Waals surface area contributed by atoms with Gasteiger partial charge in [0.05, 0.1) is 12.7 Å². The minimum absolute atomic E-state index is 0.000935. The van der Waals surface area contributed by atoms with Crippen LogP contribution in [0.15, 0.2) is 34.1 Å². The van der Waals surface area contributed by atoms with Gasteiger partial charge in [-0.25, -0.2) is 18.6 Å². The number of amides is 1. The van der Waals surface area contributed by atoms with Gasteiger partial charge in [0.2, 0.25) is 0 Å². The minimum Gasteiger partial charge on any atom is -0.452 e. The van der Waals surface area contributed by atoms with E-state index in [2.05, 4.69) is 4.98 Å². The zero-order valence-electron chi connectivity index (χ0n) is 16.9. The van der Waals surface area contributed by atoms with Crippen LogP contribution in [0.2, 0.25) is 0 Å². The van der Waals surface area contributed by atoms with Crippen LogP contribution in [0.3, 0.4) is 0 Å². The van der Waals surface area contributed by atoms with Crippen LogP contribution in [0, 0.1) is 11.6 Å². The summed E-state index contributed by atoms with van der Waals surface area (Å²) in [4.78, 5) is 52.6. The third kappa shape index (κ3) is 4.22. The monoisotopic (exact) mass is 435 g/mol. The number of nitrogens with one attached hydrogen (secondary N) is 1. The van der Waals surface area contributed by atoms with Crippen LogP contribution in [0.4, 0.5) is 14.5 Å². The molecule has 3 aromatic rings. The number of anilines is 1. The van der Waals surface area contributed by atoms with E-state index in [1.807, 2.05) is 5.32 Å². The number of hydrogen-bond acceptors (Lipinski definition) is 6. The lowest BCUT2D eigenvalue weighted by atomic mass is 10.2. The number of para-hydroxylation sites is 1. The molecule has 1 atom stereocenters. The summed E-state index contributed by atoms with van der Waals surface area (Å²) in [6.07, 6.45) is -0.223. The quantitative estimate of drug-likeness (QED) is 0.569. The molecule has 1 amide bonds. The van der Waals surface area contributed by atoms with Crippen LogP contribution in [0.25, 0.3) is 11.2 Å². The van der Waals surface area contributed by atoms with Crippen LogP contribution in [-0.4, -0.2) is 36.7 Å². The molecule has 12 heteroatoms. The predicted octanol–water partition coefficient (Wildman–Crippen LogP) is 0.672. The lowest BCUT2D eigenvalue weighted by Gasteiger charge is -2.14. The Kier molecular flexibility index (Phi) is 5.99. The molecule has 0 aliphatic rings. The number of fused-ring (bicyclic) bond motifs is 1. The van der Waals surface area contributed by atoms with Crippen molar-refractivity contribution >= 4 is 28.7 Å². The predicted molar refractivity (Wildman–Crippen MR) is 105 cm³/mol. The molecular weight excluding hydrogens is 416 g/mol. The molecule has 0 bridgehead atoms. The first-order valence-corrected chi connectivity index (χ1v) is 9.17. The maximum Gasteiger partial charge on any atom is 0.332 e. The number of carbonyl (C=O) groups excluding carboxylic acids is 2. The van der Waals surface area contributed by atoms with E-state index in [1.165, 1.54) is 36.5 Å². The molecule has 3 rings (SSSR count). The van der Waals surface area contributed by atoms with Crippen molar-refractivity contribution in [2.24, 2.45) is 14.1 Å². The number of ether oxygens (including phenoxy) is 1. The second-order valence-electron chi connectivity index (χ2n) is 6.78. The molecule has 0 aliphatic carbocycles. The maximum atomic E-state index is 13.6. The fraction of sp³-hybridized carbons (Fsp3) is 0.316. The molecule has 0 aliphatic heterocycles. The highest BCUT2D eigenvalue weighted by molar-refractivity contribution is 5.95. The van der Waals surface area contributed by atoms with E-state index >= 15 is 0 Å². The largest absolute Gasteiger partial charge is 0.452 e. The zero-order valence-corrected chi connectivity index (χ0v) is 16.9. The Morgan fingerprint density at radius 2 is 1.81 bits per heavy atom. The van der Waals surface area contributed by atoms with Gasteiger partial charge in [0.25, 0.3) is 11.5 Å². The van der Waals surface area contributed by atoms with Crippen molar-refractivity contribution in [2.45, 2.75) is 26.0 Å². The Balaban J connectivity index is 1.66. The van der Waals surface area contributed by atoms with Gasteiger partial charge in [-0.05, 0) is 19.1 Å². The summed E-state index contributed by atoms with van der Waals surface area (Å²) in [5.74, 6) is -3.61. The van der Waals surface area contributed by atoms with Gasteiger partial charge in [-0.2, -0.15) is 0 Å². The van der Waals surface area contributed by atoms with Gasteiger partial charge in [-0.15, -0.1) is 0 Å². The molecule has 2 aromatic heterocycles. The van der Waals surface area contributed by atoms with Crippen molar-refractivity contribution in [3.8, 4) is 0 Å². The van der Waals surface area contributed by atoms with Crippen LogP contribution in [-0.2, 0) is 35.0 Å². The Bertz CT molecular complexity index is 1270. The third-order valence-corrected chi connectivity index (χ3v) is 4.66. The fourth-order valence-corrected chi connectivity index (χ4v) is 2.93. The first-order valence-electron chi connectivity index (χ1n) is 9.17. The van der Waals surface area contributed by atoms with Gasteiger partial charge >= 0.3 is 11.7 Å². The molecule has 1 N–H and O–H groups in total. The molecule has 31 heavy (non-hydrogen) atoms. The molecule has 0 saturated heterocycles. The lowest BCUT2D eigenvalue weighted by molar-refractivity contribution is -0.153. The van der Waals surface area contributed by atoms with E-state index in [0.29, 0.717) is 0 Å². The van der Waals surface area contributed by atoms with Gasteiger partial charge < -0.3 is 14.6 Å². The smallest absolute Gasteiger partial charge is 0.332 e. The minimum atomic E-state index is -1.32. The summed E-state index contributed by atoms with van der Waals surface area (Å²) < 4.78 is 35.8. The highest BCUT2D eigenvalue weighted by Gasteiger charge is 2.21. The summed E-state index contributed by atoms with van der Waals surface area (Å²) >= 11 is 0. The Morgan fingerprint density at radius 3 is 2.45 bits per heavy atom. The topological polar surface area (TPSA) is 117 Å². The first kappa shape index (κ1) is 21.9. The zero-order chi connectivity index (χ0) is 22.9. The third-order valence-electron chi connectivity index (χ3n) is 4.66. The van der Waals surface area contributed by atoms with Crippen molar-refractivity contribution in [1.82, 2.24) is 18.7 Å². The average Bonchev–Trinajstić information content (AvgIpc) is 3.16. The molecular formula is C19H19F2N5O5. The maximum absolute atomic E-state index is 13.6. The Hall–Kier alpha value is -3.83.